The molecule has 4 aromatic carbocycles. The van der Waals surface area contributed by atoms with Crippen molar-refractivity contribution in [3.05, 3.63) is 252 Å². The fourth-order valence-electron chi connectivity index (χ4n) is 16.9. The second kappa shape index (κ2) is 38.2. The number of benzene rings is 4. The molecule has 5 N–H and O–H groups in total. The van der Waals surface area contributed by atoms with E-state index in [1.807, 2.05) is 165 Å². The van der Waals surface area contributed by atoms with Gasteiger partial charge >= 0.3 is 6.18 Å². The normalized spacial score (nSPS) is 15.1. The average molecular weight is 1840 g/mol. The molecule has 0 spiro atoms. The lowest BCUT2D eigenvalue weighted by atomic mass is 10.0. The van der Waals surface area contributed by atoms with Crippen LogP contribution in [0.25, 0.3) is 99.5 Å². The molecule has 2 unspecified atom stereocenters. The van der Waals surface area contributed by atoms with Crippen molar-refractivity contribution in [1.82, 2.24) is 107 Å². The number of likely N-dealkylation sites (tertiary alicyclic amines) is 2. The Labute approximate surface area is 767 Å². The summed E-state index contributed by atoms with van der Waals surface area (Å²) >= 11 is 4.41. The van der Waals surface area contributed by atoms with Gasteiger partial charge in [-0.15, -0.1) is 34.0 Å². The number of nitrogens with zero attached hydrogens (tertiary/aromatic N) is 22. The number of likely N-dealkylation sites (N-methyl/N-ethyl adjacent to an activating group) is 2. The van der Waals surface area contributed by atoms with Crippen LogP contribution in [-0.2, 0) is 34.2 Å². The van der Waals surface area contributed by atoms with Crippen LogP contribution in [0.5, 0.6) is 5.75 Å². The summed E-state index contributed by atoms with van der Waals surface area (Å²) in [5.74, 6) is 1.58. The predicted octanol–water partition coefficient (Wildman–Crippen LogP) is 16.1. The number of ether oxygens (including phenoxy) is 1. The number of aryl methyl sites for hydroxylation is 5. The highest BCUT2D eigenvalue weighted by molar-refractivity contribution is 7.15. The number of halogens is 4. The lowest BCUT2D eigenvalue weighted by Crippen LogP contribution is -2.44. The minimum absolute atomic E-state index is 0.0229. The molecule has 132 heavy (non-hydrogen) atoms. The largest absolute Gasteiger partial charge is 0.489 e. The Hall–Kier alpha value is -14.1. The number of piperidine rings is 3. The third-order valence-electron chi connectivity index (χ3n) is 23.7. The number of imidazole rings is 1. The maximum Gasteiger partial charge on any atom is 0.406 e. The van der Waals surface area contributed by atoms with Crippen LogP contribution >= 0.6 is 34.0 Å². The molecule has 17 aromatic rings. The summed E-state index contributed by atoms with van der Waals surface area (Å²) < 4.78 is 73.6. The first-order valence-electron chi connectivity index (χ1n) is 43.2. The molecule has 676 valence electrons. The Morgan fingerprint density at radius 2 is 1.24 bits per heavy atom. The van der Waals surface area contributed by atoms with E-state index in [0.717, 1.165) is 142 Å². The summed E-state index contributed by atoms with van der Waals surface area (Å²) in [4.78, 5) is 95.2. The molecule has 20 rings (SSSR count). The van der Waals surface area contributed by atoms with Gasteiger partial charge in [-0.05, 0) is 209 Å². The fourth-order valence-corrected chi connectivity index (χ4v) is 19.1. The number of fused-ring (bicyclic) bond motifs is 3. The average Bonchev–Trinajstić information content (AvgIpc) is 1.55. The maximum atomic E-state index is 15.4. The van der Waals surface area contributed by atoms with Gasteiger partial charge < -0.3 is 55.2 Å². The second-order valence-corrected chi connectivity index (χ2v) is 36.2. The van der Waals surface area contributed by atoms with Crippen LogP contribution in [0, 0.1) is 26.6 Å². The van der Waals surface area contributed by atoms with Crippen molar-refractivity contribution in [2.75, 3.05) is 86.6 Å². The van der Waals surface area contributed by atoms with Crippen LogP contribution in [-0.4, -0.2) is 187 Å². The Bertz CT molecular complexity index is 7200. The molecule has 3 aliphatic heterocycles. The molecule has 0 saturated carbocycles. The van der Waals surface area contributed by atoms with E-state index in [1.165, 1.54) is 59.9 Å². The first-order valence-corrected chi connectivity index (χ1v) is 45.8. The minimum Gasteiger partial charge on any atom is -0.489 e. The van der Waals surface area contributed by atoms with Crippen molar-refractivity contribution in [3.8, 4) is 72.2 Å². The molecule has 38 heteroatoms. The van der Waals surface area contributed by atoms with Gasteiger partial charge in [-0.3, -0.25) is 28.2 Å². The van der Waals surface area contributed by atoms with Crippen molar-refractivity contribution in [2.45, 2.75) is 96.7 Å². The quantitative estimate of drug-likeness (QED) is 0.0394. The molecule has 3 aliphatic rings. The zero-order chi connectivity index (χ0) is 91.6. The number of alkyl halides is 3. The van der Waals surface area contributed by atoms with E-state index >= 15 is 4.39 Å². The highest BCUT2D eigenvalue weighted by atomic mass is 32.1. The lowest BCUT2D eigenvalue weighted by molar-refractivity contribution is -0.140. The van der Waals surface area contributed by atoms with Crippen molar-refractivity contribution >= 4 is 113 Å². The summed E-state index contributed by atoms with van der Waals surface area (Å²) in [7, 11) is 12.0. The Kier molecular flexibility index (Phi) is 25.6. The zero-order valence-corrected chi connectivity index (χ0v) is 76.3. The predicted molar refractivity (Wildman–Crippen MR) is 511 cm³/mol. The standard InChI is InChI=1S/C32H31F4N7O.C31H33N11OS.C31H31N9O2S2/c1-41-14-11-24(12-15-41)38-22-6-8-23(9-7-22)39-31-37-18-21-16-26(30(44)43(29(21)40-31)19-32(34,35)36)25-10-5-20(17-27(25)33)28-4-3-13-42(28)2;1-19-26(20(2)42(38-19)30-33-12-14-39(30)3)25-16-21-17-35-29(37-27(21)41(28(25)43)31-34-13-15-44-31)36-22-7-9-23(10-8-22)40(4)24-6-5-11-32-18-24;1-19-27(36-29(44-19)21-15-34-39(3)16-21)25-13-20-14-33-31(37-28(20)40(30(25)41)18-26-32-10-12-43-26)35-22-6-8-23(9-7-22)42-24-5-4-11-38(2)17-24/h3-10,13,16-18,24,38H,11-12,14-15,19H2,1-2H3,(H,37,39,40);7-10,12-17,24,32H,5-6,11,18H2,1-4H3,(H,35,36,37);6-10,12-16,24H,4-5,11,17-18H2,1-3H3,(H,33,35,37). The van der Waals surface area contributed by atoms with E-state index in [0.29, 0.717) is 90.9 Å². The maximum absolute atomic E-state index is 15.4. The monoisotopic (exact) mass is 1840 g/mol. The van der Waals surface area contributed by atoms with Gasteiger partial charge in [0, 0.05) is 197 Å². The number of aromatic nitrogens is 19. The molecular weight excluding hydrogens is 1740 g/mol. The van der Waals surface area contributed by atoms with Gasteiger partial charge in [-0.2, -0.15) is 38.3 Å². The summed E-state index contributed by atoms with van der Waals surface area (Å²) in [6.07, 6.45) is 19.5. The summed E-state index contributed by atoms with van der Waals surface area (Å²) in [5.41, 5.74) is 9.63. The van der Waals surface area contributed by atoms with Gasteiger partial charge in [0.25, 0.3) is 16.7 Å². The molecule has 3 fully saturated rings. The number of thiazole rings is 3. The third kappa shape index (κ3) is 19.5. The van der Waals surface area contributed by atoms with Gasteiger partial charge in [0.1, 0.15) is 45.5 Å². The number of hydrogen-bond acceptors (Lipinski definition) is 27. The highest BCUT2D eigenvalue weighted by Crippen LogP contribution is 2.37. The van der Waals surface area contributed by atoms with Gasteiger partial charge in [-0.25, -0.2) is 48.5 Å². The number of hydrogen-bond donors (Lipinski definition) is 5. The Morgan fingerprint density at radius 3 is 1.86 bits per heavy atom. The SMILES string of the molecule is CN1CCC(Nc2ccc(Nc3ncc4cc(-c5ccc(-c6cccn6C)cc5F)c(=O)n(CC(F)(F)F)c4n3)cc2)CC1.Cc1nn(-c2nccn2C)c(C)c1-c1cc2cnc(Nc3ccc(N(C)C4CCCNC4)cc3)nc2n(-c2nccs2)c1=O.Cc1sc(-c2cnn(C)c2)nc1-c1cc2cnc(Nc3ccc(OC4CCCN(C)C4)cc3)nc2n(Cc2nccs2)c1=O. The van der Waals surface area contributed by atoms with E-state index < -0.39 is 24.1 Å². The van der Waals surface area contributed by atoms with E-state index in [1.54, 1.807) is 73.1 Å². The van der Waals surface area contributed by atoms with Gasteiger partial charge in [0.15, 0.2) is 10.8 Å². The molecule has 13 aromatic heterocycles. The van der Waals surface area contributed by atoms with Crippen molar-refractivity contribution in [3.63, 3.8) is 0 Å². The van der Waals surface area contributed by atoms with E-state index in [2.05, 4.69) is 115 Å². The van der Waals surface area contributed by atoms with Crippen LogP contribution in [0.1, 0.15) is 59.8 Å². The molecule has 0 aliphatic carbocycles. The number of anilines is 8. The van der Waals surface area contributed by atoms with Gasteiger partial charge in [0.05, 0.1) is 46.5 Å². The Morgan fingerprint density at radius 1 is 0.598 bits per heavy atom. The number of nitrogens with one attached hydrogen (secondary N) is 5. The van der Waals surface area contributed by atoms with Crippen LogP contribution in [0.2, 0.25) is 0 Å². The zero-order valence-electron chi connectivity index (χ0n) is 73.8. The summed E-state index contributed by atoms with van der Waals surface area (Å²) in [5, 5.41) is 33.1. The first kappa shape index (κ1) is 88.6. The minimum atomic E-state index is -4.72. The first-order chi connectivity index (χ1) is 63.8. The van der Waals surface area contributed by atoms with Gasteiger partial charge in [0.2, 0.25) is 23.8 Å². The van der Waals surface area contributed by atoms with E-state index in [-0.39, 0.29) is 45.3 Å². The van der Waals surface area contributed by atoms with Crippen molar-refractivity contribution < 1.29 is 22.3 Å². The molecule has 0 amide bonds. The number of rotatable bonds is 22. The summed E-state index contributed by atoms with van der Waals surface area (Å²) in [6, 6.07) is 37.3. The number of pyridine rings is 3. The van der Waals surface area contributed by atoms with E-state index in [4.69, 9.17) is 24.8 Å². The highest BCUT2D eigenvalue weighted by Gasteiger charge is 2.33. The molecular formula is C94H95F4N27O4S3. The van der Waals surface area contributed by atoms with Crippen molar-refractivity contribution in [1.29, 1.82) is 0 Å². The van der Waals surface area contributed by atoms with Crippen LogP contribution in [0.4, 0.5) is 63.8 Å². The molecule has 31 nitrogen and oxygen atoms in total. The molecule has 16 heterocycles. The molecule has 0 bridgehead atoms. The Balaban J connectivity index is 0.000000133. The fraction of sp³-hybridized carbons (Fsp3) is 0.287. The van der Waals surface area contributed by atoms with Crippen LogP contribution in [0.3, 0.4) is 0 Å². The third-order valence-corrected chi connectivity index (χ3v) is 26.3. The van der Waals surface area contributed by atoms with Crippen LogP contribution < -0.4 is 52.9 Å². The second-order valence-electron chi connectivity index (χ2n) is 33.2. The molecule has 0 radical (unpaired) electrons. The lowest BCUT2D eigenvalue weighted by Gasteiger charge is -2.33. The van der Waals surface area contributed by atoms with Crippen LogP contribution in [0.15, 0.2) is 208 Å². The molecule has 3 saturated heterocycles. The van der Waals surface area contributed by atoms with Crippen molar-refractivity contribution in [2.24, 2.45) is 21.1 Å². The van der Waals surface area contributed by atoms with E-state index in [9.17, 15) is 27.6 Å². The topological polar surface area (TPSA) is 319 Å². The van der Waals surface area contributed by atoms with Gasteiger partial charge in [-0.1, -0.05) is 12.1 Å². The smallest absolute Gasteiger partial charge is 0.406 e. The summed E-state index contributed by atoms with van der Waals surface area (Å²) in [6.45, 7) is 10.7. The molecule has 2 atom stereocenters.